The van der Waals surface area contributed by atoms with Gasteiger partial charge in [-0.2, -0.15) is 0 Å². The molecule has 1 amide bonds. The maximum Gasteiger partial charge on any atom is 0.248 e. The van der Waals surface area contributed by atoms with E-state index in [1.165, 1.54) is 19.3 Å². The van der Waals surface area contributed by atoms with Crippen molar-refractivity contribution in [2.24, 2.45) is 5.92 Å². The third-order valence-corrected chi connectivity index (χ3v) is 5.67. The van der Waals surface area contributed by atoms with Gasteiger partial charge >= 0.3 is 0 Å². The Morgan fingerprint density at radius 1 is 1.17 bits per heavy atom. The van der Waals surface area contributed by atoms with Gasteiger partial charge in [0.1, 0.15) is 6.61 Å². The predicted molar refractivity (Wildman–Crippen MR) is 89.6 cm³/mol. The van der Waals surface area contributed by atoms with Crippen LogP contribution in [0.5, 0.6) is 0 Å². The molecule has 7 heteroatoms. The Labute approximate surface area is 140 Å². The van der Waals surface area contributed by atoms with Crippen LogP contribution in [-0.2, 0) is 19.6 Å². The molecule has 0 aromatic carbocycles. The van der Waals surface area contributed by atoms with E-state index in [0.717, 1.165) is 31.9 Å². The average molecular weight is 346 g/mol. The molecule has 1 saturated carbocycles. The molecule has 0 bridgehead atoms. The molecule has 0 aromatic heterocycles. The monoisotopic (exact) mass is 346 g/mol. The second kappa shape index (κ2) is 8.44. The molecule has 1 aliphatic carbocycles. The SMILES string of the molecule is C[C@@H]1CCCC[C@@H]1OCC(=O)N1CCCC[C@@H]1CNS(C)(=O)=O. The minimum Gasteiger partial charge on any atom is -0.368 e. The van der Waals surface area contributed by atoms with Crippen molar-refractivity contribution in [3.8, 4) is 0 Å². The highest BCUT2D eigenvalue weighted by Gasteiger charge is 2.29. The minimum atomic E-state index is -3.23. The number of rotatable bonds is 6. The van der Waals surface area contributed by atoms with Crippen LogP contribution in [0.3, 0.4) is 0 Å². The van der Waals surface area contributed by atoms with Crippen LogP contribution >= 0.6 is 0 Å². The first-order chi connectivity index (χ1) is 10.9. The molecule has 0 spiro atoms. The van der Waals surface area contributed by atoms with E-state index in [4.69, 9.17) is 4.74 Å². The van der Waals surface area contributed by atoms with Crippen LogP contribution in [0, 0.1) is 5.92 Å². The molecule has 1 aliphatic heterocycles. The lowest BCUT2D eigenvalue weighted by Crippen LogP contribution is -2.50. The molecule has 2 aliphatic rings. The largest absolute Gasteiger partial charge is 0.368 e. The number of carbonyl (C=O) groups excluding carboxylic acids is 1. The number of nitrogens with zero attached hydrogens (tertiary/aromatic N) is 1. The lowest BCUT2D eigenvalue weighted by molar-refractivity contribution is -0.143. The molecule has 1 heterocycles. The Bertz CT molecular complexity index is 494. The molecule has 1 saturated heterocycles. The van der Waals surface area contributed by atoms with Crippen molar-refractivity contribution in [2.75, 3.05) is 26.0 Å². The first kappa shape index (κ1) is 18.7. The number of hydrogen-bond acceptors (Lipinski definition) is 4. The predicted octanol–water partition coefficient (Wildman–Crippen LogP) is 1.51. The van der Waals surface area contributed by atoms with E-state index < -0.39 is 10.0 Å². The van der Waals surface area contributed by atoms with Crippen molar-refractivity contribution < 1.29 is 17.9 Å². The van der Waals surface area contributed by atoms with Crippen molar-refractivity contribution in [1.82, 2.24) is 9.62 Å². The Morgan fingerprint density at radius 3 is 2.57 bits per heavy atom. The Balaban J connectivity index is 1.84. The van der Waals surface area contributed by atoms with Gasteiger partial charge < -0.3 is 9.64 Å². The number of hydrogen-bond donors (Lipinski definition) is 1. The van der Waals surface area contributed by atoms with E-state index in [1.807, 2.05) is 0 Å². The summed E-state index contributed by atoms with van der Waals surface area (Å²) in [4.78, 5) is 14.3. The molecular formula is C16H30N2O4S. The molecule has 0 radical (unpaired) electrons. The summed E-state index contributed by atoms with van der Waals surface area (Å²) >= 11 is 0. The molecule has 134 valence electrons. The van der Waals surface area contributed by atoms with Gasteiger partial charge in [0.25, 0.3) is 0 Å². The molecular weight excluding hydrogens is 316 g/mol. The van der Waals surface area contributed by atoms with Crippen LogP contribution in [0.15, 0.2) is 0 Å². The standard InChI is InChI=1S/C16H30N2O4S/c1-13-7-3-4-9-15(13)22-12-16(19)18-10-6-5-8-14(18)11-17-23(2,20)21/h13-15,17H,3-12H2,1-2H3/t13-,14-,15+/m1/s1. The van der Waals surface area contributed by atoms with Crippen molar-refractivity contribution in [1.29, 1.82) is 0 Å². The van der Waals surface area contributed by atoms with Crippen LogP contribution in [-0.4, -0.2) is 57.3 Å². The van der Waals surface area contributed by atoms with Crippen molar-refractivity contribution >= 4 is 15.9 Å². The summed E-state index contributed by atoms with van der Waals surface area (Å²) in [6.45, 7) is 3.29. The minimum absolute atomic E-state index is 0.0113. The van der Waals surface area contributed by atoms with E-state index in [9.17, 15) is 13.2 Å². The first-order valence-electron chi connectivity index (χ1n) is 8.72. The number of nitrogens with one attached hydrogen (secondary N) is 1. The summed E-state index contributed by atoms with van der Waals surface area (Å²) in [7, 11) is -3.23. The van der Waals surface area contributed by atoms with Crippen molar-refractivity contribution in [3.05, 3.63) is 0 Å². The maximum absolute atomic E-state index is 12.5. The highest BCUT2D eigenvalue weighted by atomic mass is 32.2. The van der Waals surface area contributed by atoms with Gasteiger partial charge in [-0.05, 0) is 38.0 Å². The third kappa shape index (κ3) is 6.04. The number of sulfonamides is 1. The number of piperidine rings is 1. The van der Waals surface area contributed by atoms with E-state index in [-0.39, 0.29) is 24.7 Å². The van der Waals surface area contributed by atoms with E-state index in [1.54, 1.807) is 4.90 Å². The van der Waals surface area contributed by atoms with Gasteiger partial charge in [0.15, 0.2) is 0 Å². The summed E-state index contributed by atoms with van der Waals surface area (Å²) in [5, 5.41) is 0. The molecule has 3 atom stereocenters. The lowest BCUT2D eigenvalue weighted by atomic mass is 9.88. The van der Waals surface area contributed by atoms with Gasteiger partial charge in [0.2, 0.25) is 15.9 Å². The molecule has 1 N–H and O–H groups in total. The Morgan fingerprint density at radius 2 is 1.87 bits per heavy atom. The normalized spacial score (nSPS) is 29.5. The summed E-state index contributed by atoms with van der Waals surface area (Å²) in [6.07, 6.45) is 8.81. The molecule has 23 heavy (non-hydrogen) atoms. The Hall–Kier alpha value is -0.660. The van der Waals surface area contributed by atoms with Crippen molar-refractivity contribution in [3.63, 3.8) is 0 Å². The highest BCUT2D eigenvalue weighted by molar-refractivity contribution is 7.88. The van der Waals surface area contributed by atoms with Crippen LogP contribution in [0.2, 0.25) is 0 Å². The molecule has 0 unspecified atom stereocenters. The van der Waals surface area contributed by atoms with Gasteiger partial charge in [-0.25, -0.2) is 13.1 Å². The van der Waals surface area contributed by atoms with Gasteiger partial charge in [0.05, 0.1) is 12.4 Å². The zero-order valence-corrected chi connectivity index (χ0v) is 15.1. The smallest absolute Gasteiger partial charge is 0.248 e. The van der Waals surface area contributed by atoms with Crippen molar-refractivity contribution in [2.45, 2.75) is 64.0 Å². The quantitative estimate of drug-likeness (QED) is 0.791. The zero-order valence-electron chi connectivity index (χ0n) is 14.3. The second-order valence-corrected chi connectivity index (χ2v) is 8.80. The number of ether oxygens (including phenoxy) is 1. The molecule has 6 nitrogen and oxygen atoms in total. The second-order valence-electron chi connectivity index (χ2n) is 6.97. The number of carbonyl (C=O) groups is 1. The molecule has 2 rings (SSSR count). The first-order valence-corrected chi connectivity index (χ1v) is 10.6. The van der Waals surface area contributed by atoms with Crippen LogP contribution in [0.1, 0.15) is 51.9 Å². The fourth-order valence-corrected chi connectivity index (χ4v) is 4.07. The van der Waals surface area contributed by atoms with Crippen LogP contribution < -0.4 is 4.72 Å². The lowest BCUT2D eigenvalue weighted by Gasteiger charge is -2.36. The zero-order chi connectivity index (χ0) is 16.9. The topological polar surface area (TPSA) is 75.7 Å². The van der Waals surface area contributed by atoms with Gasteiger partial charge in [-0.1, -0.05) is 19.8 Å². The summed E-state index contributed by atoms with van der Waals surface area (Å²) in [5.74, 6) is 0.503. The van der Waals surface area contributed by atoms with Gasteiger partial charge in [-0.3, -0.25) is 4.79 Å². The summed E-state index contributed by atoms with van der Waals surface area (Å²) < 4.78 is 31.0. The molecule has 2 fully saturated rings. The Kier molecular flexibility index (Phi) is 6.85. The summed E-state index contributed by atoms with van der Waals surface area (Å²) in [6, 6.07) is -0.0571. The van der Waals surface area contributed by atoms with Crippen LogP contribution in [0.4, 0.5) is 0 Å². The third-order valence-electron chi connectivity index (χ3n) is 4.98. The number of amides is 1. The van der Waals surface area contributed by atoms with Gasteiger partial charge in [-0.15, -0.1) is 0 Å². The highest BCUT2D eigenvalue weighted by Crippen LogP contribution is 2.26. The van der Waals surface area contributed by atoms with E-state index in [2.05, 4.69) is 11.6 Å². The average Bonchev–Trinajstić information content (AvgIpc) is 2.51. The summed E-state index contributed by atoms with van der Waals surface area (Å²) in [5.41, 5.74) is 0. The van der Waals surface area contributed by atoms with E-state index in [0.29, 0.717) is 19.0 Å². The fourth-order valence-electron chi connectivity index (χ4n) is 3.58. The van der Waals surface area contributed by atoms with Gasteiger partial charge in [0, 0.05) is 19.1 Å². The number of likely N-dealkylation sites (tertiary alicyclic amines) is 1. The molecule has 0 aromatic rings. The fraction of sp³-hybridized carbons (Fsp3) is 0.938. The van der Waals surface area contributed by atoms with E-state index >= 15 is 0 Å². The van der Waals surface area contributed by atoms with Crippen LogP contribution in [0.25, 0.3) is 0 Å². The maximum atomic E-state index is 12.5.